The maximum absolute atomic E-state index is 6.15. The van der Waals surface area contributed by atoms with Gasteiger partial charge in [0.05, 0.1) is 0 Å². The Morgan fingerprint density at radius 3 is 2.95 bits per heavy atom. The van der Waals surface area contributed by atoms with Crippen LogP contribution in [0, 0.1) is 0 Å². The normalized spacial score (nSPS) is 22.3. The molecule has 1 unspecified atom stereocenters. The van der Waals surface area contributed by atoms with Crippen molar-refractivity contribution in [3.8, 4) is 0 Å². The van der Waals surface area contributed by atoms with Gasteiger partial charge in [0.1, 0.15) is 0 Å². The lowest BCUT2D eigenvalue weighted by Crippen LogP contribution is -2.39. The van der Waals surface area contributed by atoms with Gasteiger partial charge >= 0.3 is 0 Å². The molecule has 1 aromatic carbocycles. The zero-order valence-corrected chi connectivity index (χ0v) is 13.9. The van der Waals surface area contributed by atoms with Crippen molar-refractivity contribution in [1.29, 1.82) is 0 Å². The minimum atomic E-state index is 0.639. The molecule has 1 saturated heterocycles. The molecule has 1 atom stereocenters. The number of rotatable bonds is 4. The minimum Gasteiger partial charge on any atom is -0.367 e. The van der Waals surface area contributed by atoms with E-state index in [1.807, 2.05) is 6.07 Å². The van der Waals surface area contributed by atoms with Crippen molar-refractivity contribution in [2.45, 2.75) is 25.3 Å². The van der Waals surface area contributed by atoms with Crippen LogP contribution in [0.25, 0.3) is 0 Å². The van der Waals surface area contributed by atoms with E-state index >= 15 is 0 Å². The average molecular weight is 308 g/mol. The summed E-state index contributed by atoms with van der Waals surface area (Å²) in [5.74, 6) is 0. The second kappa shape index (κ2) is 6.55. The molecule has 3 nitrogen and oxygen atoms in total. The molecule has 0 saturated carbocycles. The second-order valence-corrected chi connectivity index (χ2v) is 7.07. The van der Waals surface area contributed by atoms with E-state index < -0.39 is 0 Å². The molecule has 0 aliphatic carbocycles. The van der Waals surface area contributed by atoms with Crippen LogP contribution in [0.3, 0.4) is 0 Å². The average Bonchev–Trinajstić information content (AvgIpc) is 2.62. The van der Waals surface area contributed by atoms with Crippen molar-refractivity contribution in [3.05, 3.63) is 28.8 Å². The molecule has 2 aliphatic heterocycles. The maximum Gasteiger partial charge on any atom is 0.0458 e. The Kier molecular flexibility index (Phi) is 4.72. The molecule has 0 N–H and O–H groups in total. The van der Waals surface area contributed by atoms with E-state index in [2.05, 4.69) is 40.9 Å². The molecule has 116 valence electrons. The first-order valence-electron chi connectivity index (χ1n) is 8.05. The predicted octanol–water partition coefficient (Wildman–Crippen LogP) is 2.73. The third kappa shape index (κ3) is 3.53. The molecule has 0 amide bonds. The molecule has 0 radical (unpaired) electrons. The van der Waals surface area contributed by atoms with Crippen LogP contribution < -0.4 is 4.90 Å². The van der Waals surface area contributed by atoms with Crippen LogP contribution in [0.4, 0.5) is 5.69 Å². The Morgan fingerprint density at radius 2 is 2.14 bits per heavy atom. The van der Waals surface area contributed by atoms with Crippen LogP contribution in [-0.4, -0.2) is 62.7 Å². The molecular weight excluding hydrogens is 282 g/mol. The van der Waals surface area contributed by atoms with E-state index in [1.165, 1.54) is 56.8 Å². The van der Waals surface area contributed by atoms with Crippen molar-refractivity contribution in [1.82, 2.24) is 9.80 Å². The lowest BCUT2D eigenvalue weighted by Gasteiger charge is -2.27. The topological polar surface area (TPSA) is 9.72 Å². The summed E-state index contributed by atoms with van der Waals surface area (Å²) in [6.07, 6.45) is 3.68. The first kappa shape index (κ1) is 15.1. The molecule has 0 spiro atoms. The van der Waals surface area contributed by atoms with Crippen molar-refractivity contribution in [3.63, 3.8) is 0 Å². The summed E-state index contributed by atoms with van der Waals surface area (Å²) in [7, 11) is 4.31. The molecule has 1 aromatic rings. The number of fused-ring (bicyclic) bond motifs is 3. The summed E-state index contributed by atoms with van der Waals surface area (Å²) < 4.78 is 0. The van der Waals surface area contributed by atoms with E-state index in [4.69, 9.17) is 11.6 Å². The lowest BCUT2D eigenvalue weighted by atomic mass is 10.1. The van der Waals surface area contributed by atoms with Crippen LogP contribution in [-0.2, 0) is 6.42 Å². The standard InChI is InChI=1S/C17H26ClN3/c1-19(2)7-3-8-20-9-4-10-21-16(13-20)12-14-11-15(18)5-6-17(14)21/h5-6,11,16H,3-4,7-10,12-13H2,1-2H3. The molecule has 21 heavy (non-hydrogen) atoms. The highest BCUT2D eigenvalue weighted by Gasteiger charge is 2.32. The van der Waals surface area contributed by atoms with Gasteiger partial charge in [0.15, 0.2) is 0 Å². The van der Waals surface area contributed by atoms with Crippen molar-refractivity contribution < 1.29 is 0 Å². The summed E-state index contributed by atoms with van der Waals surface area (Å²) in [5.41, 5.74) is 2.85. The number of halogens is 1. The van der Waals surface area contributed by atoms with Gasteiger partial charge in [0.25, 0.3) is 0 Å². The van der Waals surface area contributed by atoms with Gasteiger partial charge in [-0.2, -0.15) is 0 Å². The van der Waals surface area contributed by atoms with E-state index in [0.29, 0.717) is 6.04 Å². The van der Waals surface area contributed by atoms with Gasteiger partial charge in [-0.1, -0.05) is 11.6 Å². The Balaban J connectivity index is 1.63. The highest BCUT2D eigenvalue weighted by Crippen LogP contribution is 2.35. The number of anilines is 1. The third-order valence-corrected chi connectivity index (χ3v) is 4.90. The van der Waals surface area contributed by atoms with Crippen LogP contribution in [0.15, 0.2) is 18.2 Å². The summed E-state index contributed by atoms with van der Waals surface area (Å²) in [4.78, 5) is 7.54. The SMILES string of the molecule is CN(C)CCCN1CCCN2c3ccc(Cl)cc3CC2C1. The number of nitrogens with zero attached hydrogens (tertiary/aromatic N) is 3. The van der Waals surface area contributed by atoms with Gasteiger partial charge in [0.2, 0.25) is 0 Å². The fourth-order valence-corrected chi connectivity index (χ4v) is 3.89. The molecule has 3 rings (SSSR count). The van der Waals surface area contributed by atoms with E-state index in [9.17, 15) is 0 Å². The Hall–Kier alpha value is -0.770. The Morgan fingerprint density at radius 1 is 1.29 bits per heavy atom. The lowest BCUT2D eigenvalue weighted by molar-refractivity contribution is 0.255. The number of benzene rings is 1. The molecule has 4 heteroatoms. The quantitative estimate of drug-likeness (QED) is 0.847. The van der Waals surface area contributed by atoms with Crippen LogP contribution in [0.5, 0.6) is 0 Å². The van der Waals surface area contributed by atoms with Gasteiger partial charge in [-0.15, -0.1) is 0 Å². The van der Waals surface area contributed by atoms with Crippen molar-refractivity contribution in [2.75, 3.05) is 51.7 Å². The fraction of sp³-hybridized carbons (Fsp3) is 0.647. The van der Waals surface area contributed by atoms with E-state index in [0.717, 1.165) is 11.4 Å². The maximum atomic E-state index is 6.15. The molecule has 2 heterocycles. The minimum absolute atomic E-state index is 0.639. The first-order chi connectivity index (χ1) is 10.1. The summed E-state index contributed by atoms with van der Waals surface area (Å²) >= 11 is 6.15. The monoisotopic (exact) mass is 307 g/mol. The summed E-state index contributed by atoms with van der Waals surface area (Å²) in [6.45, 7) is 6.02. The van der Waals surface area contributed by atoms with E-state index in [-0.39, 0.29) is 0 Å². The second-order valence-electron chi connectivity index (χ2n) is 6.64. The zero-order chi connectivity index (χ0) is 14.8. The van der Waals surface area contributed by atoms with Crippen molar-refractivity contribution in [2.24, 2.45) is 0 Å². The predicted molar refractivity (Wildman–Crippen MR) is 90.5 cm³/mol. The van der Waals surface area contributed by atoms with Gasteiger partial charge in [-0.05, 0) is 76.8 Å². The number of hydrogen-bond donors (Lipinski definition) is 0. The van der Waals surface area contributed by atoms with Crippen molar-refractivity contribution >= 4 is 17.3 Å². The largest absolute Gasteiger partial charge is 0.367 e. The smallest absolute Gasteiger partial charge is 0.0458 e. The molecule has 0 aromatic heterocycles. The van der Waals surface area contributed by atoms with Crippen LogP contribution in [0.2, 0.25) is 5.02 Å². The molecule has 1 fully saturated rings. The first-order valence-corrected chi connectivity index (χ1v) is 8.43. The molecule has 2 aliphatic rings. The fourth-order valence-electron chi connectivity index (χ4n) is 3.69. The Bertz CT molecular complexity index is 489. The van der Waals surface area contributed by atoms with E-state index in [1.54, 1.807) is 0 Å². The number of hydrogen-bond acceptors (Lipinski definition) is 3. The van der Waals surface area contributed by atoms with Gasteiger partial charge < -0.3 is 14.7 Å². The molecular formula is C17H26ClN3. The third-order valence-electron chi connectivity index (χ3n) is 4.67. The molecule has 0 bridgehead atoms. The highest BCUT2D eigenvalue weighted by atomic mass is 35.5. The zero-order valence-electron chi connectivity index (χ0n) is 13.2. The highest BCUT2D eigenvalue weighted by molar-refractivity contribution is 6.30. The van der Waals surface area contributed by atoms with Gasteiger partial charge in [0, 0.05) is 29.8 Å². The Labute approximate surface area is 133 Å². The van der Waals surface area contributed by atoms with Crippen LogP contribution >= 0.6 is 11.6 Å². The summed E-state index contributed by atoms with van der Waals surface area (Å²) in [6, 6.07) is 7.03. The summed E-state index contributed by atoms with van der Waals surface area (Å²) in [5, 5.41) is 0.870. The van der Waals surface area contributed by atoms with Gasteiger partial charge in [-0.25, -0.2) is 0 Å². The van der Waals surface area contributed by atoms with Crippen LogP contribution in [0.1, 0.15) is 18.4 Å². The van der Waals surface area contributed by atoms with Gasteiger partial charge in [-0.3, -0.25) is 0 Å².